The first-order valence-corrected chi connectivity index (χ1v) is 3.86. The summed E-state index contributed by atoms with van der Waals surface area (Å²) in [6, 6.07) is 2.17. The maximum Gasteiger partial charge on any atom is 0.128 e. The van der Waals surface area contributed by atoms with Crippen molar-refractivity contribution in [1.82, 2.24) is 9.78 Å². The highest BCUT2D eigenvalue weighted by molar-refractivity contribution is 9.10. The van der Waals surface area contributed by atoms with Crippen LogP contribution in [0.25, 0.3) is 0 Å². The van der Waals surface area contributed by atoms with Crippen LogP contribution in [0.1, 0.15) is 13.0 Å². The molecule has 1 aromatic heterocycles. The summed E-state index contributed by atoms with van der Waals surface area (Å²) in [6.45, 7) is 5.70. The predicted molar refractivity (Wildman–Crippen MR) is 44.8 cm³/mol. The number of nitrogens with zero attached hydrogens (tertiary/aromatic N) is 2. The Balaban J connectivity index is 2.84. The van der Waals surface area contributed by atoms with Crippen molar-refractivity contribution in [2.45, 2.75) is 13.0 Å². The molecule has 0 N–H and O–H groups in total. The topological polar surface area (TPSA) is 17.8 Å². The van der Waals surface area contributed by atoms with Gasteiger partial charge in [0, 0.05) is 6.20 Å². The Morgan fingerprint density at radius 2 is 2.60 bits per heavy atom. The zero-order valence-corrected chi connectivity index (χ0v) is 7.37. The van der Waals surface area contributed by atoms with Crippen LogP contribution < -0.4 is 0 Å². The molecule has 1 unspecified atom stereocenters. The van der Waals surface area contributed by atoms with Crippen molar-refractivity contribution in [2.75, 3.05) is 0 Å². The number of rotatable bonds is 2. The fourth-order valence-electron chi connectivity index (χ4n) is 0.650. The average molecular weight is 201 g/mol. The van der Waals surface area contributed by atoms with Gasteiger partial charge in [-0.2, -0.15) is 5.10 Å². The molecular weight excluding hydrogens is 192 g/mol. The first-order chi connectivity index (χ1) is 4.74. The van der Waals surface area contributed by atoms with Crippen LogP contribution in [0.3, 0.4) is 0 Å². The van der Waals surface area contributed by atoms with Gasteiger partial charge in [-0.1, -0.05) is 6.08 Å². The Morgan fingerprint density at radius 3 is 3.00 bits per heavy atom. The highest BCUT2D eigenvalue weighted by atomic mass is 79.9. The van der Waals surface area contributed by atoms with E-state index in [-0.39, 0.29) is 6.04 Å². The minimum atomic E-state index is 0.270. The van der Waals surface area contributed by atoms with E-state index < -0.39 is 0 Å². The summed E-state index contributed by atoms with van der Waals surface area (Å²) in [6.07, 6.45) is 3.76. The standard InChI is InChI=1S/C7H9BrN2/c1-3-6(2)10-5-4-7(8)9-10/h3-6H,1H2,2H3. The van der Waals surface area contributed by atoms with Crippen LogP contribution in [0, 0.1) is 0 Å². The smallest absolute Gasteiger partial charge is 0.128 e. The highest BCUT2D eigenvalue weighted by Gasteiger charge is 1.98. The molecule has 0 saturated heterocycles. The lowest BCUT2D eigenvalue weighted by Crippen LogP contribution is -2.01. The van der Waals surface area contributed by atoms with Gasteiger partial charge >= 0.3 is 0 Å². The van der Waals surface area contributed by atoms with Crippen LogP contribution >= 0.6 is 15.9 Å². The molecule has 10 heavy (non-hydrogen) atoms. The molecule has 0 radical (unpaired) electrons. The normalized spacial score (nSPS) is 13.0. The summed E-state index contributed by atoms with van der Waals surface area (Å²) in [4.78, 5) is 0. The summed E-state index contributed by atoms with van der Waals surface area (Å²) < 4.78 is 2.71. The Labute approximate surface area is 68.7 Å². The highest BCUT2D eigenvalue weighted by Crippen LogP contribution is 2.09. The Hall–Kier alpha value is -0.570. The van der Waals surface area contributed by atoms with Gasteiger partial charge in [-0.05, 0) is 28.9 Å². The Kier molecular flexibility index (Phi) is 2.27. The van der Waals surface area contributed by atoms with Crippen molar-refractivity contribution in [1.29, 1.82) is 0 Å². The zero-order chi connectivity index (χ0) is 7.56. The zero-order valence-electron chi connectivity index (χ0n) is 5.79. The minimum Gasteiger partial charge on any atom is -0.265 e. The maximum absolute atomic E-state index is 4.14. The van der Waals surface area contributed by atoms with Gasteiger partial charge in [0.2, 0.25) is 0 Å². The van der Waals surface area contributed by atoms with E-state index in [2.05, 4.69) is 27.6 Å². The number of hydrogen-bond donors (Lipinski definition) is 0. The van der Waals surface area contributed by atoms with E-state index in [9.17, 15) is 0 Å². The SMILES string of the molecule is C=CC(C)n1ccc(Br)n1. The molecule has 0 saturated carbocycles. The van der Waals surface area contributed by atoms with Crippen LogP contribution in [-0.4, -0.2) is 9.78 Å². The van der Waals surface area contributed by atoms with E-state index in [1.807, 2.05) is 29.9 Å². The van der Waals surface area contributed by atoms with E-state index in [0.717, 1.165) is 4.60 Å². The molecule has 54 valence electrons. The molecule has 2 nitrogen and oxygen atoms in total. The molecule has 0 aromatic carbocycles. The van der Waals surface area contributed by atoms with Crippen LogP contribution in [0.2, 0.25) is 0 Å². The van der Waals surface area contributed by atoms with Gasteiger partial charge < -0.3 is 0 Å². The molecule has 0 aliphatic carbocycles. The van der Waals surface area contributed by atoms with Gasteiger partial charge in [0.05, 0.1) is 6.04 Å². The largest absolute Gasteiger partial charge is 0.265 e. The van der Waals surface area contributed by atoms with Crippen LogP contribution in [0.5, 0.6) is 0 Å². The molecule has 0 spiro atoms. The number of allylic oxidation sites excluding steroid dienone is 1. The lowest BCUT2D eigenvalue weighted by atomic mass is 10.3. The van der Waals surface area contributed by atoms with E-state index in [1.165, 1.54) is 0 Å². The summed E-state index contributed by atoms with van der Waals surface area (Å²) in [5.41, 5.74) is 0. The van der Waals surface area contributed by atoms with Gasteiger partial charge in [0.1, 0.15) is 4.60 Å². The van der Waals surface area contributed by atoms with Gasteiger partial charge in [0.25, 0.3) is 0 Å². The van der Waals surface area contributed by atoms with E-state index >= 15 is 0 Å². The van der Waals surface area contributed by atoms with Crippen molar-refractivity contribution in [3.63, 3.8) is 0 Å². The predicted octanol–water partition coefficient (Wildman–Crippen LogP) is 2.39. The van der Waals surface area contributed by atoms with Gasteiger partial charge in [0.15, 0.2) is 0 Å². The molecule has 1 atom stereocenters. The minimum absolute atomic E-state index is 0.270. The second-order valence-corrected chi connectivity index (χ2v) is 2.91. The maximum atomic E-state index is 4.14. The van der Waals surface area contributed by atoms with E-state index in [0.29, 0.717) is 0 Å². The van der Waals surface area contributed by atoms with Gasteiger partial charge in [-0.25, -0.2) is 0 Å². The average Bonchev–Trinajstić information content (AvgIpc) is 2.34. The first kappa shape index (κ1) is 7.54. The Morgan fingerprint density at radius 1 is 1.90 bits per heavy atom. The van der Waals surface area contributed by atoms with Crippen molar-refractivity contribution >= 4 is 15.9 Å². The number of hydrogen-bond acceptors (Lipinski definition) is 1. The number of halogens is 1. The van der Waals surface area contributed by atoms with Gasteiger partial charge in [-0.15, -0.1) is 6.58 Å². The monoisotopic (exact) mass is 200 g/mol. The van der Waals surface area contributed by atoms with Crippen molar-refractivity contribution in [3.8, 4) is 0 Å². The third kappa shape index (κ3) is 1.48. The molecular formula is C7H9BrN2. The molecule has 0 amide bonds. The molecule has 3 heteroatoms. The molecule has 1 heterocycles. The third-order valence-electron chi connectivity index (χ3n) is 1.33. The van der Waals surface area contributed by atoms with Crippen LogP contribution in [-0.2, 0) is 0 Å². The molecule has 0 aliphatic heterocycles. The van der Waals surface area contributed by atoms with Crippen molar-refractivity contribution in [2.24, 2.45) is 0 Å². The van der Waals surface area contributed by atoms with Crippen molar-refractivity contribution in [3.05, 3.63) is 29.5 Å². The van der Waals surface area contributed by atoms with Gasteiger partial charge in [-0.3, -0.25) is 4.68 Å². The summed E-state index contributed by atoms with van der Waals surface area (Å²) in [7, 11) is 0. The molecule has 0 fully saturated rings. The molecule has 1 aromatic rings. The molecule has 0 aliphatic rings. The lowest BCUT2D eigenvalue weighted by molar-refractivity contribution is 0.578. The van der Waals surface area contributed by atoms with E-state index in [4.69, 9.17) is 0 Å². The second-order valence-electron chi connectivity index (χ2n) is 2.09. The number of aromatic nitrogens is 2. The quantitative estimate of drug-likeness (QED) is 0.671. The lowest BCUT2D eigenvalue weighted by Gasteiger charge is -2.03. The fraction of sp³-hybridized carbons (Fsp3) is 0.286. The molecule has 1 rings (SSSR count). The van der Waals surface area contributed by atoms with Crippen LogP contribution in [0.15, 0.2) is 29.5 Å². The Bertz CT molecular complexity index is 229. The van der Waals surface area contributed by atoms with Crippen molar-refractivity contribution < 1.29 is 0 Å². The molecule has 0 bridgehead atoms. The summed E-state index contributed by atoms with van der Waals surface area (Å²) in [5.74, 6) is 0. The first-order valence-electron chi connectivity index (χ1n) is 3.07. The summed E-state index contributed by atoms with van der Waals surface area (Å²) in [5, 5.41) is 4.14. The van der Waals surface area contributed by atoms with Crippen LogP contribution in [0.4, 0.5) is 0 Å². The van der Waals surface area contributed by atoms with E-state index in [1.54, 1.807) is 0 Å². The summed E-state index contributed by atoms with van der Waals surface area (Å²) >= 11 is 3.26. The third-order valence-corrected chi connectivity index (χ3v) is 1.76. The second kappa shape index (κ2) is 3.01. The fourth-order valence-corrected chi connectivity index (χ4v) is 0.951.